The number of pyridine rings is 1. The number of nitrogen functional groups attached to an aromatic ring is 1. The summed E-state index contributed by atoms with van der Waals surface area (Å²) in [5.41, 5.74) is 6.68. The van der Waals surface area contributed by atoms with Crippen molar-refractivity contribution < 1.29 is 4.42 Å². The Kier molecular flexibility index (Phi) is 3.14. The highest BCUT2D eigenvalue weighted by Crippen LogP contribution is 2.27. The molecule has 0 saturated carbocycles. The van der Waals surface area contributed by atoms with E-state index in [2.05, 4.69) is 9.97 Å². The van der Waals surface area contributed by atoms with Crippen molar-refractivity contribution in [2.75, 3.05) is 0 Å². The fraction of sp³-hybridized carbons (Fsp3) is 0.182. The average Bonchev–Trinajstić information content (AvgIpc) is 2.58. The number of hydrogen-bond acceptors (Lipinski definition) is 5. The van der Waals surface area contributed by atoms with Crippen molar-refractivity contribution in [3.8, 4) is 0 Å². The highest BCUT2D eigenvalue weighted by Gasteiger charge is 2.08. The zero-order chi connectivity index (χ0) is 12.4. The van der Waals surface area contributed by atoms with Crippen LogP contribution in [-0.4, -0.2) is 15.8 Å². The molecule has 0 aliphatic carbocycles. The van der Waals surface area contributed by atoms with Gasteiger partial charge in [-0.25, -0.2) is 4.98 Å². The Bertz CT molecular complexity index is 528. The van der Waals surface area contributed by atoms with Gasteiger partial charge in [-0.2, -0.15) is 0 Å². The molecule has 17 heavy (non-hydrogen) atoms. The molecule has 2 aromatic rings. The van der Waals surface area contributed by atoms with Crippen LogP contribution in [0.4, 0.5) is 0 Å². The minimum absolute atomic E-state index is 0.0376. The van der Waals surface area contributed by atoms with Gasteiger partial charge in [0.1, 0.15) is 17.3 Å². The van der Waals surface area contributed by atoms with Crippen molar-refractivity contribution in [3.05, 3.63) is 35.5 Å². The smallest absolute Gasteiger partial charge is 0.261 e. The van der Waals surface area contributed by atoms with E-state index in [4.69, 9.17) is 15.6 Å². The second-order valence-electron chi connectivity index (χ2n) is 3.52. The molecule has 6 heteroatoms. The van der Waals surface area contributed by atoms with Crippen LogP contribution >= 0.6 is 11.8 Å². The minimum Gasteiger partial charge on any atom is -0.436 e. The van der Waals surface area contributed by atoms with Crippen molar-refractivity contribution >= 4 is 17.6 Å². The highest BCUT2D eigenvalue weighted by atomic mass is 32.2. The van der Waals surface area contributed by atoms with Crippen molar-refractivity contribution in [1.29, 1.82) is 5.41 Å². The molecule has 3 N–H and O–H groups in total. The molecule has 0 fully saturated rings. The third kappa shape index (κ3) is 2.65. The summed E-state index contributed by atoms with van der Waals surface area (Å²) in [6.45, 7) is 3.78. The van der Waals surface area contributed by atoms with Gasteiger partial charge < -0.3 is 10.2 Å². The quantitative estimate of drug-likeness (QED) is 0.641. The molecule has 0 aliphatic heterocycles. The third-order valence-electron chi connectivity index (χ3n) is 2.23. The van der Waals surface area contributed by atoms with Gasteiger partial charge in [-0.15, -0.1) is 0 Å². The minimum atomic E-state index is -0.0376. The van der Waals surface area contributed by atoms with Crippen LogP contribution in [0.2, 0.25) is 0 Å². The van der Waals surface area contributed by atoms with E-state index < -0.39 is 0 Å². The molecule has 88 valence electrons. The van der Waals surface area contributed by atoms with Gasteiger partial charge >= 0.3 is 0 Å². The van der Waals surface area contributed by atoms with E-state index >= 15 is 0 Å². The number of amidine groups is 1. The van der Waals surface area contributed by atoms with Crippen LogP contribution in [0.3, 0.4) is 0 Å². The van der Waals surface area contributed by atoms with E-state index in [9.17, 15) is 0 Å². The van der Waals surface area contributed by atoms with Gasteiger partial charge in [0.25, 0.3) is 5.22 Å². The Morgan fingerprint density at radius 1 is 1.41 bits per heavy atom. The SMILES string of the molecule is Cc1nc(Sc2ccc(C(=N)N)nc2)oc1C. The molecule has 2 aromatic heterocycles. The number of oxazole rings is 1. The maximum Gasteiger partial charge on any atom is 0.261 e. The molecule has 0 amide bonds. The Morgan fingerprint density at radius 2 is 2.18 bits per heavy atom. The largest absolute Gasteiger partial charge is 0.436 e. The van der Waals surface area contributed by atoms with Gasteiger partial charge in [0.05, 0.1) is 5.69 Å². The zero-order valence-corrected chi connectivity index (χ0v) is 10.3. The van der Waals surface area contributed by atoms with Gasteiger partial charge in [0, 0.05) is 11.1 Å². The zero-order valence-electron chi connectivity index (χ0n) is 9.52. The summed E-state index contributed by atoms with van der Waals surface area (Å²) in [5, 5.41) is 7.83. The van der Waals surface area contributed by atoms with Crippen LogP contribution < -0.4 is 5.73 Å². The van der Waals surface area contributed by atoms with Gasteiger partial charge in [-0.3, -0.25) is 10.4 Å². The predicted molar refractivity (Wildman–Crippen MR) is 65.4 cm³/mol. The number of aromatic nitrogens is 2. The summed E-state index contributed by atoms with van der Waals surface area (Å²) in [6.07, 6.45) is 1.65. The van der Waals surface area contributed by atoms with Crippen LogP contribution in [0, 0.1) is 19.3 Å². The molecular formula is C11H12N4OS. The molecule has 0 saturated heterocycles. The van der Waals surface area contributed by atoms with Gasteiger partial charge in [-0.05, 0) is 37.7 Å². The number of nitrogens with zero attached hydrogens (tertiary/aromatic N) is 2. The first kappa shape index (κ1) is 11.7. The van der Waals surface area contributed by atoms with Crippen LogP contribution in [0.15, 0.2) is 32.9 Å². The van der Waals surface area contributed by atoms with Crippen molar-refractivity contribution in [3.63, 3.8) is 0 Å². The molecule has 2 heterocycles. The average molecular weight is 248 g/mol. The first-order chi connectivity index (χ1) is 8.06. The Hall–Kier alpha value is -1.82. The van der Waals surface area contributed by atoms with E-state index in [0.717, 1.165) is 16.3 Å². The molecule has 0 atom stereocenters. The first-order valence-electron chi connectivity index (χ1n) is 4.98. The lowest BCUT2D eigenvalue weighted by Crippen LogP contribution is -2.12. The Labute approximate surface area is 103 Å². The summed E-state index contributed by atoms with van der Waals surface area (Å²) in [5.74, 6) is 0.783. The molecule has 0 aliphatic rings. The number of rotatable bonds is 3. The molecular weight excluding hydrogens is 236 g/mol. The van der Waals surface area contributed by atoms with Crippen molar-refractivity contribution in [1.82, 2.24) is 9.97 Å². The second kappa shape index (κ2) is 4.58. The maximum atomic E-state index is 7.24. The Balaban J connectivity index is 2.16. The second-order valence-corrected chi connectivity index (χ2v) is 4.54. The molecule has 0 radical (unpaired) electrons. The summed E-state index contributed by atoms with van der Waals surface area (Å²) in [4.78, 5) is 9.23. The Morgan fingerprint density at radius 3 is 2.65 bits per heavy atom. The lowest BCUT2D eigenvalue weighted by molar-refractivity contribution is 0.431. The van der Waals surface area contributed by atoms with E-state index in [1.807, 2.05) is 19.9 Å². The maximum absolute atomic E-state index is 7.24. The summed E-state index contributed by atoms with van der Waals surface area (Å²) < 4.78 is 5.45. The van der Waals surface area contributed by atoms with E-state index in [1.54, 1.807) is 12.3 Å². The van der Waals surface area contributed by atoms with Crippen LogP contribution in [0.1, 0.15) is 17.1 Å². The summed E-state index contributed by atoms with van der Waals surface area (Å²) in [6, 6.07) is 3.54. The van der Waals surface area contributed by atoms with E-state index in [-0.39, 0.29) is 5.84 Å². The topological polar surface area (TPSA) is 88.8 Å². The predicted octanol–water partition coefficient (Wildman–Crippen LogP) is 2.12. The molecule has 0 aromatic carbocycles. The monoisotopic (exact) mass is 248 g/mol. The van der Waals surface area contributed by atoms with Crippen molar-refractivity contribution in [2.24, 2.45) is 5.73 Å². The first-order valence-corrected chi connectivity index (χ1v) is 5.80. The number of nitrogens with one attached hydrogen (secondary N) is 1. The third-order valence-corrected chi connectivity index (χ3v) is 3.05. The highest BCUT2D eigenvalue weighted by molar-refractivity contribution is 7.99. The van der Waals surface area contributed by atoms with Crippen LogP contribution in [0.5, 0.6) is 0 Å². The molecule has 0 spiro atoms. The van der Waals surface area contributed by atoms with Crippen LogP contribution in [0.25, 0.3) is 0 Å². The standard InChI is InChI=1S/C11H12N4OS/c1-6-7(2)16-11(15-6)17-8-3-4-9(10(12)13)14-5-8/h3-5H,1-2H3,(H3,12,13). The van der Waals surface area contributed by atoms with E-state index in [1.165, 1.54) is 11.8 Å². The van der Waals surface area contributed by atoms with Gasteiger partial charge in [0.2, 0.25) is 0 Å². The molecule has 5 nitrogen and oxygen atoms in total. The van der Waals surface area contributed by atoms with Gasteiger partial charge in [0.15, 0.2) is 0 Å². The lowest BCUT2D eigenvalue weighted by Gasteiger charge is -1.99. The summed E-state index contributed by atoms with van der Waals surface area (Å²) in [7, 11) is 0. The molecule has 0 unspecified atom stereocenters. The number of aryl methyl sites for hydroxylation is 2. The van der Waals surface area contributed by atoms with Crippen LogP contribution in [-0.2, 0) is 0 Å². The molecule has 0 bridgehead atoms. The number of hydrogen-bond donors (Lipinski definition) is 2. The van der Waals surface area contributed by atoms with E-state index in [0.29, 0.717) is 10.9 Å². The fourth-order valence-corrected chi connectivity index (χ4v) is 1.98. The molecule has 2 rings (SSSR count). The summed E-state index contributed by atoms with van der Waals surface area (Å²) >= 11 is 1.39. The fourth-order valence-electron chi connectivity index (χ4n) is 1.19. The van der Waals surface area contributed by atoms with Crippen molar-refractivity contribution in [2.45, 2.75) is 24.0 Å². The number of nitrogens with two attached hydrogens (primary N) is 1. The lowest BCUT2D eigenvalue weighted by atomic mass is 10.3. The normalized spacial score (nSPS) is 10.5. The van der Waals surface area contributed by atoms with Gasteiger partial charge in [-0.1, -0.05) is 0 Å².